The molecule has 0 aliphatic heterocycles. The lowest BCUT2D eigenvalue weighted by Crippen LogP contribution is -2.12. The van der Waals surface area contributed by atoms with Crippen LogP contribution in [0.25, 0.3) is 11.1 Å². The molecule has 0 spiro atoms. The van der Waals surface area contributed by atoms with E-state index < -0.39 is 0 Å². The van der Waals surface area contributed by atoms with E-state index in [9.17, 15) is 0 Å². The highest BCUT2D eigenvalue weighted by atomic mass is 16.5. The maximum Gasteiger partial charge on any atom is 0.127 e. The first-order valence-electron chi connectivity index (χ1n) is 8.46. The summed E-state index contributed by atoms with van der Waals surface area (Å²) in [5.74, 6) is 1.73. The molecule has 0 bridgehead atoms. The summed E-state index contributed by atoms with van der Waals surface area (Å²) in [5.41, 5.74) is 2.24. The van der Waals surface area contributed by atoms with Crippen molar-refractivity contribution in [2.75, 3.05) is 26.4 Å². The fourth-order valence-corrected chi connectivity index (χ4v) is 2.50. The minimum atomic E-state index is 0.509. The highest BCUT2D eigenvalue weighted by Gasteiger charge is 2.04. The zero-order valence-electron chi connectivity index (χ0n) is 14.1. The maximum absolute atomic E-state index is 5.89. The second kappa shape index (κ2) is 9.50. The normalized spacial score (nSPS) is 10.4. The van der Waals surface area contributed by atoms with Crippen LogP contribution in [-0.2, 0) is 4.74 Å². The first-order chi connectivity index (χ1) is 12.4. The van der Waals surface area contributed by atoms with Crippen LogP contribution in [0.5, 0.6) is 11.5 Å². The van der Waals surface area contributed by atoms with Gasteiger partial charge < -0.3 is 14.2 Å². The van der Waals surface area contributed by atoms with E-state index in [0.717, 1.165) is 22.6 Å². The van der Waals surface area contributed by atoms with Crippen molar-refractivity contribution in [1.29, 1.82) is 0 Å². The molecule has 0 amide bonds. The molecule has 128 valence electrons. The molecule has 25 heavy (non-hydrogen) atoms. The summed E-state index contributed by atoms with van der Waals surface area (Å²) in [4.78, 5) is 0. The van der Waals surface area contributed by atoms with Crippen LogP contribution in [-0.4, -0.2) is 26.4 Å². The van der Waals surface area contributed by atoms with Crippen molar-refractivity contribution in [2.24, 2.45) is 0 Å². The van der Waals surface area contributed by atoms with Crippen molar-refractivity contribution in [3.63, 3.8) is 0 Å². The molecule has 0 saturated carbocycles. The monoisotopic (exact) mass is 334 g/mol. The average molecular weight is 334 g/mol. The Morgan fingerprint density at radius 2 is 1.12 bits per heavy atom. The molecule has 0 fully saturated rings. The Kier molecular flexibility index (Phi) is 6.48. The van der Waals surface area contributed by atoms with Gasteiger partial charge in [0.15, 0.2) is 0 Å². The molecule has 0 heterocycles. The third-order valence-corrected chi connectivity index (χ3v) is 3.70. The van der Waals surface area contributed by atoms with Crippen LogP contribution >= 0.6 is 0 Å². The summed E-state index contributed by atoms with van der Waals surface area (Å²) in [5, 5.41) is 0. The average Bonchev–Trinajstić information content (AvgIpc) is 2.69. The van der Waals surface area contributed by atoms with Crippen molar-refractivity contribution in [3.8, 4) is 22.6 Å². The van der Waals surface area contributed by atoms with Crippen molar-refractivity contribution >= 4 is 0 Å². The minimum Gasteiger partial charge on any atom is -0.491 e. The van der Waals surface area contributed by atoms with E-state index >= 15 is 0 Å². The summed E-state index contributed by atoms with van der Waals surface area (Å²) in [6, 6.07) is 28.0. The second-order valence-corrected chi connectivity index (χ2v) is 5.48. The molecule has 3 aromatic carbocycles. The smallest absolute Gasteiger partial charge is 0.127 e. The molecule has 0 aliphatic carbocycles. The van der Waals surface area contributed by atoms with Gasteiger partial charge in [-0.25, -0.2) is 0 Å². The van der Waals surface area contributed by atoms with Crippen LogP contribution in [0.2, 0.25) is 0 Å². The zero-order valence-corrected chi connectivity index (χ0v) is 14.1. The third kappa shape index (κ3) is 5.37. The quantitative estimate of drug-likeness (QED) is 0.525. The molecule has 0 atom stereocenters. The summed E-state index contributed by atoms with van der Waals surface area (Å²) < 4.78 is 17.0. The van der Waals surface area contributed by atoms with Gasteiger partial charge in [-0.2, -0.15) is 0 Å². The lowest BCUT2D eigenvalue weighted by molar-refractivity contribution is 0.0765. The number of para-hydroxylation sites is 2. The summed E-state index contributed by atoms with van der Waals surface area (Å²) in [6.45, 7) is 2.11. The van der Waals surface area contributed by atoms with E-state index in [1.807, 2.05) is 66.7 Å². The van der Waals surface area contributed by atoms with Crippen LogP contribution in [0.4, 0.5) is 0 Å². The Bertz CT molecular complexity index is 741. The van der Waals surface area contributed by atoms with Gasteiger partial charge in [-0.3, -0.25) is 0 Å². The van der Waals surface area contributed by atoms with E-state index in [1.54, 1.807) is 0 Å². The van der Waals surface area contributed by atoms with Crippen molar-refractivity contribution in [1.82, 2.24) is 0 Å². The Morgan fingerprint density at radius 3 is 1.88 bits per heavy atom. The summed E-state index contributed by atoms with van der Waals surface area (Å²) in [6.07, 6.45) is 0. The maximum atomic E-state index is 5.89. The van der Waals surface area contributed by atoms with Gasteiger partial charge in [-0.05, 0) is 23.8 Å². The van der Waals surface area contributed by atoms with Crippen molar-refractivity contribution in [3.05, 3.63) is 84.9 Å². The first kappa shape index (κ1) is 17.1. The van der Waals surface area contributed by atoms with E-state index in [0.29, 0.717) is 26.4 Å². The van der Waals surface area contributed by atoms with E-state index in [1.165, 1.54) is 0 Å². The third-order valence-electron chi connectivity index (χ3n) is 3.70. The molecule has 0 radical (unpaired) electrons. The molecular weight excluding hydrogens is 312 g/mol. The Balaban J connectivity index is 1.40. The standard InChI is InChI=1S/C22H22O3/c1-3-9-19(10-4-1)21-13-7-8-14-22(21)25-18-16-23-15-17-24-20-11-5-2-6-12-20/h1-14H,15-18H2. The van der Waals surface area contributed by atoms with Gasteiger partial charge in [0.1, 0.15) is 24.7 Å². The van der Waals surface area contributed by atoms with E-state index in [4.69, 9.17) is 14.2 Å². The van der Waals surface area contributed by atoms with Gasteiger partial charge in [0.2, 0.25) is 0 Å². The first-order valence-corrected chi connectivity index (χ1v) is 8.46. The van der Waals surface area contributed by atoms with Crippen LogP contribution in [0.15, 0.2) is 84.9 Å². The van der Waals surface area contributed by atoms with Gasteiger partial charge in [-0.1, -0.05) is 66.7 Å². The Labute approximate surface area is 148 Å². The number of ether oxygens (including phenoxy) is 3. The predicted octanol–water partition coefficient (Wildman–Crippen LogP) is 4.83. The SMILES string of the molecule is c1ccc(OCCOCCOc2ccccc2-c2ccccc2)cc1. The lowest BCUT2D eigenvalue weighted by atomic mass is 10.1. The van der Waals surface area contributed by atoms with Crippen molar-refractivity contribution in [2.45, 2.75) is 0 Å². The highest BCUT2D eigenvalue weighted by molar-refractivity contribution is 5.70. The molecule has 0 N–H and O–H groups in total. The van der Waals surface area contributed by atoms with Gasteiger partial charge >= 0.3 is 0 Å². The fourth-order valence-electron chi connectivity index (χ4n) is 2.50. The molecule has 3 heteroatoms. The number of hydrogen-bond acceptors (Lipinski definition) is 3. The van der Waals surface area contributed by atoms with Gasteiger partial charge in [0, 0.05) is 5.56 Å². The molecule has 0 saturated heterocycles. The van der Waals surface area contributed by atoms with Crippen LogP contribution < -0.4 is 9.47 Å². The lowest BCUT2D eigenvalue weighted by Gasteiger charge is -2.12. The van der Waals surface area contributed by atoms with Crippen LogP contribution in [0.1, 0.15) is 0 Å². The number of hydrogen-bond donors (Lipinski definition) is 0. The van der Waals surface area contributed by atoms with Gasteiger partial charge in [-0.15, -0.1) is 0 Å². The van der Waals surface area contributed by atoms with Gasteiger partial charge in [0.25, 0.3) is 0 Å². The summed E-state index contributed by atoms with van der Waals surface area (Å²) in [7, 11) is 0. The Hall–Kier alpha value is -2.78. The predicted molar refractivity (Wildman–Crippen MR) is 100 cm³/mol. The zero-order chi connectivity index (χ0) is 17.2. The molecule has 0 aromatic heterocycles. The fraction of sp³-hybridized carbons (Fsp3) is 0.182. The number of benzene rings is 3. The molecule has 3 rings (SSSR count). The highest BCUT2D eigenvalue weighted by Crippen LogP contribution is 2.29. The van der Waals surface area contributed by atoms with Crippen LogP contribution in [0.3, 0.4) is 0 Å². The second-order valence-electron chi connectivity index (χ2n) is 5.48. The molecular formula is C22H22O3. The van der Waals surface area contributed by atoms with E-state index in [-0.39, 0.29) is 0 Å². The molecule has 3 nitrogen and oxygen atoms in total. The number of rotatable bonds is 9. The Morgan fingerprint density at radius 1 is 0.520 bits per heavy atom. The minimum absolute atomic E-state index is 0.509. The van der Waals surface area contributed by atoms with Gasteiger partial charge in [0.05, 0.1) is 13.2 Å². The van der Waals surface area contributed by atoms with E-state index in [2.05, 4.69) is 18.2 Å². The summed E-state index contributed by atoms with van der Waals surface area (Å²) >= 11 is 0. The van der Waals surface area contributed by atoms with Crippen molar-refractivity contribution < 1.29 is 14.2 Å². The molecule has 0 unspecified atom stereocenters. The molecule has 3 aromatic rings. The topological polar surface area (TPSA) is 27.7 Å². The molecule has 0 aliphatic rings. The largest absolute Gasteiger partial charge is 0.491 e. The van der Waals surface area contributed by atoms with Crippen LogP contribution in [0, 0.1) is 0 Å².